The highest BCUT2D eigenvalue weighted by atomic mass is 32.1. The second-order valence-corrected chi connectivity index (χ2v) is 3.21. The van der Waals surface area contributed by atoms with Crippen molar-refractivity contribution in [1.82, 2.24) is 0 Å². The summed E-state index contributed by atoms with van der Waals surface area (Å²) in [6.45, 7) is 0.227. The third-order valence-corrected chi connectivity index (χ3v) is 2.02. The van der Waals surface area contributed by atoms with E-state index in [1.54, 1.807) is 0 Å². The zero-order valence-electron chi connectivity index (χ0n) is 7.03. The van der Waals surface area contributed by atoms with Gasteiger partial charge in [-0.2, -0.15) is 12.6 Å². The second-order valence-electron chi connectivity index (χ2n) is 2.77. The van der Waals surface area contributed by atoms with Crippen LogP contribution in [-0.2, 0) is 12.8 Å². The van der Waals surface area contributed by atoms with Crippen LogP contribution >= 0.6 is 12.6 Å². The standard InChI is InChI=1S/C10H14OS/c11-6-4-9-2-1-3-10(8-9)5-7-12/h1-3,8,11-12H,4-7H2. The van der Waals surface area contributed by atoms with Crippen LogP contribution in [0, 0.1) is 0 Å². The molecule has 0 saturated carbocycles. The fraction of sp³-hybridized carbons (Fsp3) is 0.400. The minimum atomic E-state index is 0.227. The molecule has 0 unspecified atom stereocenters. The van der Waals surface area contributed by atoms with E-state index in [2.05, 4.69) is 24.8 Å². The van der Waals surface area contributed by atoms with Crippen LogP contribution in [0.3, 0.4) is 0 Å². The minimum absolute atomic E-state index is 0.227. The van der Waals surface area contributed by atoms with Crippen molar-refractivity contribution in [2.24, 2.45) is 0 Å². The van der Waals surface area contributed by atoms with E-state index in [-0.39, 0.29) is 6.61 Å². The lowest BCUT2D eigenvalue weighted by molar-refractivity contribution is 0.299. The Bertz CT molecular complexity index is 214. The van der Waals surface area contributed by atoms with Gasteiger partial charge >= 0.3 is 0 Å². The molecule has 0 bridgehead atoms. The number of thiol groups is 1. The van der Waals surface area contributed by atoms with E-state index in [0.717, 1.165) is 18.6 Å². The maximum Gasteiger partial charge on any atom is 0.0471 e. The Kier molecular flexibility index (Phi) is 4.19. The molecule has 1 aromatic carbocycles. The molecule has 2 heteroatoms. The topological polar surface area (TPSA) is 20.2 Å². The van der Waals surface area contributed by atoms with Gasteiger partial charge in [0.15, 0.2) is 0 Å². The Labute approximate surface area is 78.8 Å². The fourth-order valence-electron chi connectivity index (χ4n) is 1.20. The van der Waals surface area contributed by atoms with Gasteiger partial charge < -0.3 is 5.11 Å². The predicted octanol–water partition coefficient (Wildman–Crippen LogP) is 1.69. The van der Waals surface area contributed by atoms with E-state index in [1.165, 1.54) is 11.1 Å². The monoisotopic (exact) mass is 182 g/mol. The van der Waals surface area contributed by atoms with Gasteiger partial charge in [-0.1, -0.05) is 24.3 Å². The Balaban J connectivity index is 2.67. The Hall–Kier alpha value is -0.470. The molecule has 0 saturated heterocycles. The quantitative estimate of drug-likeness (QED) is 0.679. The average molecular weight is 182 g/mol. The van der Waals surface area contributed by atoms with Crippen molar-refractivity contribution in [1.29, 1.82) is 0 Å². The van der Waals surface area contributed by atoms with Crippen LogP contribution in [-0.4, -0.2) is 17.5 Å². The van der Waals surface area contributed by atoms with Crippen LogP contribution in [0.4, 0.5) is 0 Å². The summed E-state index contributed by atoms with van der Waals surface area (Å²) < 4.78 is 0. The highest BCUT2D eigenvalue weighted by molar-refractivity contribution is 7.80. The zero-order valence-corrected chi connectivity index (χ0v) is 7.93. The number of benzene rings is 1. The number of aliphatic hydroxyl groups is 1. The molecular formula is C10H14OS. The molecule has 1 aromatic rings. The van der Waals surface area contributed by atoms with Gasteiger partial charge in [-0.15, -0.1) is 0 Å². The predicted molar refractivity (Wildman–Crippen MR) is 54.8 cm³/mol. The van der Waals surface area contributed by atoms with E-state index in [0.29, 0.717) is 0 Å². The smallest absolute Gasteiger partial charge is 0.0471 e. The third kappa shape index (κ3) is 2.88. The fourth-order valence-corrected chi connectivity index (χ4v) is 1.46. The molecule has 1 N–H and O–H groups in total. The average Bonchev–Trinajstić information content (AvgIpc) is 2.06. The normalized spacial score (nSPS) is 10.2. The van der Waals surface area contributed by atoms with Crippen LogP contribution < -0.4 is 0 Å². The summed E-state index contributed by atoms with van der Waals surface area (Å²) in [6, 6.07) is 8.30. The molecule has 12 heavy (non-hydrogen) atoms. The summed E-state index contributed by atoms with van der Waals surface area (Å²) in [7, 11) is 0. The summed E-state index contributed by atoms with van der Waals surface area (Å²) in [6.07, 6.45) is 1.75. The van der Waals surface area contributed by atoms with Crippen LogP contribution in [0.2, 0.25) is 0 Å². The summed E-state index contributed by atoms with van der Waals surface area (Å²) >= 11 is 4.17. The molecule has 0 amide bonds. The van der Waals surface area contributed by atoms with Crippen LogP contribution in [0.25, 0.3) is 0 Å². The van der Waals surface area contributed by atoms with Gasteiger partial charge in [0.25, 0.3) is 0 Å². The van der Waals surface area contributed by atoms with Crippen molar-refractivity contribution >= 4 is 12.6 Å². The molecule has 1 rings (SSSR count). The largest absolute Gasteiger partial charge is 0.396 e. The Morgan fingerprint density at radius 2 is 1.83 bits per heavy atom. The molecule has 0 spiro atoms. The van der Waals surface area contributed by atoms with Crippen molar-refractivity contribution in [3.05, 3.63) is 35.4 Å². The van der Waals surface area contributed by atoms with E-state index in [1.807, 2.05) is 12.1 Å². The van der Waals surface area contributed by atoms with Crippen molar-refractivity contribution in [2.75, 3.05) is 12.4 Å². The molecule has 0 aliphatic rings. The highest BCUT2D eigenvalue weighted by Gasteiger charge is 1.94. The highest BCUT2D eigenvalue weighted by Crippen LogP contribution is 2.06. The number of hydrogen-bond donors (Lipinski definition) is 2. The molecule has 0 heterocycles. The van der Waals surface area contributed by atoms with Gasteiger partial charge in [-0.05, 0) is 29.7 Å². The number of hydrogen-bond acceptors (Lipinski definition) is 2. The lowest BCUT2D eigenvalue weighted by Gasteiger charge is -2.01. The first-order valence-electron chi connectivity index (χ1n) is 4.16. The molecule has 0 radical (unpaired) electrons. The van der Waals surface area contributed by atoms with Gasteiger partial charge in [-0.3, -0.25) is 0 Å². The number of aryl methyl sites for hydroxylation is 1. The molecule has 0 fully saturated rings. The zero-order chi connectivity index (χ0) is 8.81. The summed E-state index contributed by atoms with van der Waals surface area (Å²) in [4.78, 5) is 0. The minimum Gasteiger partial charge on any atom is -0.396 e. The SMILES string of the molecule is OCCc1cccc(CCS)c1. The molecule has 0 aliphatic carbocycles. The van der Waals surface area contributed by atoms with E-state index >= 15 is 0 Å². The molecule has 0 atom stereocenters. The molecule has 0 aromatic heterocycles. The van der Waals surface area contributed by atoms with Gasteiger partial charge in [0.2, 0.25) is 0 Å². The molecular weight excluding hydrogens is 168 g/mol. The lowest BCUT2D eigenvalue weighted by atomic mass is 10.1. The Morgan fingerprint density at radius 3 is 2.42 bits per heavy atom. The van der Waals surface area contributed by atoms with Crippen molar-refractivity contribution in [2.45, 2.75) is 12.8 Å². The molecule has 1 nitrogen and oxygen atoms in total. The first-order valence-corrected chi connectivity index (χ1v) is 4.79. The van der Waals surface area contributed by atoms with Crippen molar-refractivity contribution in [3.63, 3.8) is 0 Å². The Morgan fingerprint density at radius 1 is 1.17 bits per heavy atom. The van der Waals surface area contributed by atoms with Gasteiger partial charge in [-0.25, -0.2) is 0 Å². The summed E-state index contributed by atoms with van der Waals surface area (Å²) in [5, 5.41) is 8.73. The maximum atomic E-state index is 8.73. The first kappa shape index (κ1) is 9.62. The van der Waals surface area contributed by atoms with Crippen LogP contribution in [0.15, 0.2) is 24.3 Å². The van der Waals surface area contributed by atoms with Gasteiger partial charge in [0.05, 0.1) is 0 Å². The van der Waals surface area contributed by atoms with Gasteiger partial charge in [0.1, 0.15) is 0 Å². The van der Waals surface area contributed by atoms with E-state index in [9.17, 15) is 0 Å². The van der Waals surface area contributed by atoms with Crippen LogP contribution in [0.5, 0.6) is 0 Å². The van der Waals surface area contributed by atoms with E-state index in [4.69, 9.17) is 5.11 Å². The van der Waals surface area contributed by atoms with Crippen molar-refractivity contribution < 1.29 is 5.11 Å². The summed E-state index contributed by atoms with van der Waals surface area (Å²) in [5.74, 6) is 0.878. The van der Waals surface area contributed by atoms with E-state index < -0.39 is 0 Å². The van der Waals surface area contributed by atoms with Crippen LogP contribution in [0.1, 0.15) is 11.1 Å². The number of rotatable bonds is 4. The molecule has 0 aliphatic heterocycles. The third-order valence-electron chi connectivity index (χ3n) is 1.79. The number of aliphatic hydroxyl groups excluding tert-OH is 1. The second kappa shape index (κ2) is 5.22. The van der Waals surface area contributed by atoms with Crippen molar-refractivity contribution in [3.8, 4) is 0 Å². The van der Waals surface area contributed by atoms with Gasteiger partial charge in [0, 0.05) is 6.61 Å². The lowest BCUT2D eigenvalue weighted by Crippen LogP contribution is -1.93. The summed E-state index contributed by atoms with van der Waals surface area (Å²) in [5.41, 5.74) is 2.51. The maximum absolute atomic E-state index is 8.73. The molecule has 66 valence electrons. The first-order chi connectivity index (χ1) is 5.86.